The average molecular weight is 279 g/mol. The molecule has 0 aliphatic carbocycles. The lowest BCUT2D eigenvalue weighted by molar-refractivity contribution is -0.384. The molecule has 20 heavy (non-hydrogen) atoms. The molecule has 1 aromatic rings. The highest BCUT2D eigenvalue weighted by atomic mass is 16.6. The fraction of sp³-hybridized carbons (Fsp3) is 0.429. The van der Waals surface area contributed by atoms with Crippen molar-refractivity contribution in [1.29, 1.82) is 0 Å². The van der Waals surface area contributed by atoms with Crippen LogP contribution in [0.1, 0.15) is 32.3 Å². The van der Waals surface area contributed by atoms with Crippen LogP contribution in [0.4, 0.5) is 5.69 Å². The summed E-state index contributed by atoms with van der Waals surface area (Å²) in [5.41, 5.74) is 10.2. The van der Waals surface area contributed by atoms with Gasteiger partial charge in [-0.05, 0) is 25.5 Å². The summed E-state index contributed by atoms with van der Waals surface area (Å²) in [6, 6.07) is 6.28. The second kappa shape index (κ2) is 8.29. The zero-order valence-electron chi connectivity index (χ0n) is 11.8. The maximum Gasteiger partial charge on any atom is 0.269 e. The molecule has 1 atom stereocenters. The normalized spacial score (nSPS) is 13.1. The molecule has 3 N–H and O–H groups in total. The quantitative estimate of drug-likeness (QED) is 0.564. The van der Waals surface area contributed by atoms with Crippen LogP contribution in [0.5, 0.6) is 0 Å². The summed E-state index contributed by atoms with van der Waals surface area (Å²) in [4.78, 5) is 15.5. The molecule has 0 spiro atoms. The predicted molar refractivity (Wildman–Crippen MR) is 78.7 cm³/mol. The number of allylic oxidation sites excluding steroid dienone is 1. The third kappa shape index (κ3) is 5.38. The third-order valence-electron chi connectivity index (χ3n) is 2.55. The number of hydroxylamine groups is 1. The fourth-order valence-corrected chi connectivity index (χ4v) is 1.52. The first-order chi connectivity index (χ1) is 9.54. The fourth-order valence-electron chi connectivity index (χ4n) is 1.52. The SMILES string of the molecule is CCCC=C(NOCC(C)N)c1ccc([N+](=O)[O-])cc1. The number of rotatable bonds is 8. The molecule has 1 rings (SSSR count). The van der Waals surface area contributed by atoms with E-state index >= 15 is 0 Å². The lowest BCUT2D eigenvalue weighted by Crippen LogP contribution is -2.26. The minimum Gasteiger partial charge on any atom is -0.326 e. The maximum atomic E-state index is 10.6. The van der Waals surface area contributed by atoms with Gasteiger partial charge < -0.3 is 5.73 Å². The molecule has 0 aliphatic heterocycles. The Morgan fingerprint density at radius 3 is 2.65 bits per heavy atom. The molecule has 0 radical (unpaired) electrons. The Balaban J connectivity index is 2.79. The smallest absolute Gasteiger partial charge is 0.269 e. The zero-order chi connectivity index (χ0) is 15.0. The summed E-state index contributed by atoms with van der Waals surface area (Å²) in [7, 11) is 0. The minimum atomic E-state index is -0.417. The highest BCUT2D eigenvalue weighted by molar-refractivity contribution is 5.64. The molecule has 110 valence electrons. The van der Waals surface area contributed by atoms with Gasteiger partial charge in [0.1, 0.15) is 0 Å². The van der Waals surface area contributed by atoms with Crippen molar-refractivity contribution in [2.24, 2.45) is 5.73 Å². The van der Waals surface area contributed by atoms with E-state index in [1.54, 1.807) is 12.1 Å². The number of nitrogens with two attached hydrogens (primary N) is 1. The van der Waals surface area contributed by atoms with Crippen molar-refractivity contribution in [2.75, 3.05) is 6.61 Å². The van der Waals surface area contributed by atoms with Gasteiger partial charge in [0.25, 0.3) is 5.69 Å². The van der Waals surface area contributed by atoms with E-state index in [1.165, 1.54) is 12.1 Å². The second-order valence-corrected chi connectivity index (χ2v) is 4.60. The Hall–Kier alpha value is -1.92. The number of hydrogen-bond donors (Lipinski definition) is 2. The highest BCUT2D eigenvalue weighted by Crippen LogP contribution is 2.18. The van der Waals surface area contributed by atoms with Gasteiger partial charge >= 0.3 is 0 Å². The second-order valence-electron chi connectivity index (χ2n) is 4.60. The van der Waals surface area contributed by atoms with Gasteiger partial charge in [-0.3, -0.25) is 20.4 Å². The van der Waals surface area contributed by atoms with Crippen molar-refractivity contribution in [2.45, 2.75) is 32.7 Å². The van der Waals surface area contributed by atoms with Crippen LogP contribution in [0.15, 0.2) is 30.3 Å². The number of hydrogen-bond acceptors (Lipinski definition) is 5. The predicted octanol–water partition coefficient (Wildman–Crippen LogP) is 2.60. The number of nitro benzene ring substituents is 1. The molecule has 1 aromatic carbocycles. The monoisotopic (exact) mass is 279 g/mol. The maximum absolute atomic E-state index is 10.6. The van der Waals surface area contributed by atoms with Crippen LogP contribution in [-0.4, -0.2) is 17.6 Å². The van der Waals surface area contributed by atoms with E-state index in [2.05, 4.69) is 12.4 Å². The van der Waals surface area contributed by atoms with E-state index in [-0.39, 0.29) is 11.7 Å². The summed E-state index contributed by atoms with van der Waals surface area (Å²) in [6.07, 6.45) is 3.90. The number of nitrogens with one attached hydrogen (secondary N) is 1. The van der Waals surface area contributed by atoms with Gasteiger partial charge in [-0.15, -0.1) is 0 Å². The number of unbranched alkanes of at least 4 members (excludes halogenated alkanes) is 1. The Kier molecular flexibility index (Phi) is 6.69. The van der Waals surface area contributed by atoms with Crippen LogP contribution in [0, 0.1) is 10.1 Å². The largest absolute Gasteiger partial charge is 0.326 e. The summed E-state index contributed by atoms with van der Waals surface area (Å²) < 4.78 is 0. The van der Waals surface area contributed by atoms with E-state index in [9.17, 15) is 10.1 Å². The van der Waals surface area contributed by atoms with Crippen LogP contribution in [-0.2, 0) is 4.84 Å². The minimum absolute atomic E-state index is 0.0632. The Bertz CT molecular complexity index is 455. The van der Waals surface area contributed by atoms with E-state index in [0.717, 1.165) is 24.1 Å². The molecular weight excluding hydrogens is 258 g/mol. The van der Waals surface area contributed by atoms with Gasteiger partial charge in [-0.1, -0.05) is 19.4 Å². The van der Waals surface area contributed by atoms with Gasteiger partial charge in [-0.25, -0.2) is 0 Å². The Morgan fingerprint density at radius 2 is 2.15 bits per heavy atom. The first-order valence-electron chi connectivity index (χ1n) is 6.63. The van der Waals surface area contributed by atoms with E-state index in [1.807, 2.05) is 13.0 Å². The van der Waals surface area contributed by atoms with Crippen LogP contribution in [0.3, 0.4) is 0 Å². The molecule has 0 saturated carbocycles. The van der Waals surface area contributed by atoms with Crippen molar-refractivity contribution in [3.05, 3.63) is 46.0 Å². The third-order valence-corrected chi connectivity index (χ3v) is 2.55. The number of non-ortho nitro benzene ring substituents is 1. The summed E-state index contributed by atoms with van der Waals surface area (Å²) in [5.74, 6) is 0. The summed E-state index contributed by atoms with van der Waals surface area (Å²) in [6.45, 7) is 4.31. The standard InChI is InChI=1S/C14H21N3O3/c1-3-4-5-14(16-20-10-11(2)15)12-6-8-13(9-7-12)17(18)19/h5-9,11,16H,3-4,10,15H2,1-2H3. The van der Waals surface area contributed by atoms with E-state index in [4.69, 9.17) is 10.6 Å². The number of nitrogens with zero attached hydrogens (tertiary/aromatic N) is 1. The van der Waals surface area contributed by atoms with Crippen LogP contribution >= 0.6 is 0 Å². The van der Waals surface area contributed by atoms with Crippen molar-refractivity contribution in [1.82, 2.24) is 5.48 Å². The van der Waals surface area contributed by atoms with Crippen LogP contribution in [0.2, 0.25) is 0 Å². The Morgan fingerprint density at radius 1 is 1.50 bits per heavy atom. The van der Waals surface area contributed by atoms with Gasteiger partial charge in [-0.2, -0.15) is 0 Å². The molecule has 0 aromatic heterocycles. The topological polar surface area (TPSA) is 90.4 Å². The molecule has 6 heteroatoms. The molecule has 0 heterocycles. The molecule has 0 amide bonds. The van der Waals surface area contributed by atoms with E-state index in [0.29, 0.717) is 6.61 Å². The molecule has 0 bridgehead atoms. The first-order valence-corrected chi connectivity index (χ1v) is 6.63. The van der Waals surface area contributed by atoms with Gasteiger partial charge in [0.2, 0.25) is 0 Å². The van der Waals surface area contributed by atoms with Crippen LogP contribution in [0.25, 0.3) is 5.70 Å². The van der Waals surface area contributed by atoms with Crippen molar-refractivity contribution in [3.63, 3.8) is 0 Å². The van der Waals surface area contributed by atoms with Gasteiger partial charge in [0.15, 0.2) is 0 Å². The van der Waals surface area contributed by atoms with Gasteiger partial charge in [0.05, 0.1) is 17.2 Å². The lowest BCUT2D eigenvalue weighted by Gasteiger charge is -2.13. The molecular formula is C14H21N3O3. The number of nitro groups is 1. The van der Waals surface area contributed by atoms with Crippen LogP contribution < -0.4 is 11.2 Å². The van der Waals surface area contributed by atoms with Gasteiger partial charge in [0, 0.05) is 23.7 Å². The zero-order valence-corrected chi connectivity index (χ0v) is 11.8. The molecule has 1 unspecified atom stereocenters. The molecule has 0 aliphatic rings. The average Bonchev–Trinajstić information content (AvgIpc) is 2.42. The van der Waals surface area contributed by atoms with E-state index < -0.39 is 4.92 Å². The van der Waals surface area contributed by atoms with Crippen molar-refractivity contribution < 1.29 is 9.76 Å². The first kappa shape index (κ1) is 16.1. The Labute approximate surface area is 118 Å². The summed E-state index contributed by atoms with van der Waals surface area (Å²) in [5, 5.41) is 10.6. The number of benzene rings is 1. The highest BCUT2D eigenvalue weighted by Gasteiger charge is 2.07. The lowest BCUT2D eigenvalue weighted by atomic mass is 10.1. The van der Waals surface area contributed by atoms with Crippen molar-refractivity contribution in [3.8, 4) is 0 Å². The molecule has 0 fully saturated rings. The molecule has 6 nitrogen and oxygen atoms in total. The molecule has 0 saturated heterocycles. The summed E-state index contributed by atoms with van der Waals surface area (Å²) >= 11 is 0. The van der Waals surface area contributed by atoms with Crippen molar-refractivity contribution >= 4 is 11.4 Å².